The first-order chi connectivity index (χ1) is 9.50. The lowest BCUT2D eigenvalue weighted by molar-refractivity contribution is -0.0822. The van der Waals surface area contributed by atoms with Crippen molar-refractivity contribution in [1.82, 2.24) is 9.80 Å². The van der Waals surface area contributed by atoms with Gasteiger partial charge in [-0.15, -0.1) is 0 Å². The fraction of sp³-hybridized carbons (Fsp3) is 1.00. The minimum atomic E-state index is 0.357. The first kappa shape index (κ1) is 13.6. The van der Waals surface area contributed by atoms with E-state index in [0.29, 0.717) is 5.54 Å². The maximum Gasteiger partial charge on any atom is 0.0153 e. The molecule has 20 heavy (non-hydrogen) atoms. The van der Waals surface area contributed by atoms with Crippen LogP contribution in [0.25, 0.3) is 0 Å². The number of rotatable bonds is 1. The highest BCUT2D eigenvalue weighted by molar-refractivity contribution is 5.03. The van der Waals surface area contributed by atoms with Gasteiger partial charge < -0.3 is 0 Å². The Morgan fingerprint density at radius 2 is 1.20 bits per heavy atom. The molecule has 0 aromatic heterocycles. The molecule has 5 aliphatic rings. The van der Waals surface area contributed by atoms with E-state index in [1.165, 1.54) is 26.2 Å². The monoisotopic (exact) mass is 276 g/mol. The van der Waals surface area contributed by atoms with E-state index < -0.39 is 0 Å². The molecule has 0 radical (unpaired) electrons. The van der Waals surface area contributed by atoms with Gasteiger partial charge in [0, 0.05) is 37.8 Å². The summed E-state index contributed by atoms with van der Waals surface area (Å²) < 4.78 is 0. The third-order valence-corrected chi connectivity index (χ3v) is 6.86. The SMILES string of the molecule is CC(C)(C)N1CCN(C2C3CC4CC(C3)CC2C4)CC1. The van der Waals surface area contributed by atoms with Crippen LogP contribution < -0.4 is 0 Å². The molecule has 1 aliphatic heterocycles. The van der Waals surface area contributed by atoms with E-state index in [0.717, 1.165) is 29.7 Å². The zero-order valence-corrected chi connectivity index (χ0v) is 13.6. The molecule has 2 heteroatoms. The Labute approximate surface area is 124 Å². The number of hydrogen-bond acceptors (Lipinski definition) is 2. The predicted octanol–water partition coefficient (Wildman–Crippen LogP) is 3.23. The van der Waals surface area contributed by atoms with E-state index >= 15 is 0 Å². The average Bonchev–Trinajstić information content (AvgIpc) is 2.37. The second-order valence-corrected chi connectivity index (χ2v) is 9.12. The summed E-state index contributed by atoms with van der Waals surface area (Å²) >= 11 is 0. The minimum absolute atomic E-state index is 0.357. The molecular weight excluding hydrogens is 244 g/mol. The summed E-state index contributed by atoms with van der Waals surface area (Å²) in [5, 5.41) is 0. The fourth-order valence-corrected chi connectivity index (χ4v) is 6.18. The van der Waals surface area contributed by atoms with E-state index in [1.54, 1.807) is 32.1 Å². The van der Waals surface area contributed by atoms with Crippen molar-refractivity contribution in [3.8, 4) is 0 Å². The average molecular weight is 276 g/mol. The smallest absolute Gasteiger partial charge is 0.0153 e. The Bertz CT molecular complexity index is 334. The van der Waals surface area contributed by atoms with Crippen LogP contribution in [0, 0.1) is 23.7 Å². The topological polar surface area (TPSA) is 6.48 Å². The van der Waals surface area contributed by atoms with Crippen LogP contribution in [0.1, 0.15) is 52.9 Å². The lowest BCUT2D eigenvalue weighted by Crippen LogP contribution is -2.61. The van der Waals surface area contributed by atoms with E-state index in [2.05, 4.69) is 30.6 Å². The van der Waals surface area contributed by atoms with Gasteiger partial charge in [0.1, 0.15) is 0 Å². The van der Waals surface area contributed by atoms with Gasteiger partial charge in [0.25, 0.3) is 0 Å². The molecule has 1 saturated heterocycles. The molecule has 5 rings (SSSR count). The van der Waals surface area contributed by atoms with Crippen molar-refractivity contribution < 1.29 is 0 Å². The van der Waals surface area contributed by atoms with Crippen LogP contribution in [0.2, 0.25) is 0 Å². The van der Waals surface area contributed by atoms with Gasteiger partial charge in [-0.05, 0) is 76.5 Å². The fourth-order valence-electron chi connectivity index (χ4n) is 6.18. The Hall–Kier alpha value is -0.0800. The van der Waals surface area contributed by atoms with Crippen molar-refractivity contribution >= 4 is 0 Å². The quantitative estimate of drug-likeness (QED) is 0.725. The summed E-state index contributed by atoms with van der Waals surface area (Å²) in [6, 6.07) is 0.963. The first-order valence-corrected chi connectivity index (χ1v) is 9.00. The molecular formula is C18H32N2. The predicted molar refractivity (Wildman–Crippen MR) is 83.7 cm³/mol. The maximum atomic E-state index is 2.90. The molecule has 4 aliphatic carbocycles. The van der Waals surface area contributed by atoms with Gasteiger partial charge >= 0.3 is 0 Å². The minimum Gasteiger partial charge on any atom is -0.297 e. The highest BCUT2D eigenvalue weighted by atomic mass is 15.3. The van der Waals surface area contributed by atoms with Crippen LogP contribution in [0.5, 0.6) is 0 Å². The van der Waals surface area contributed by atoms with Crippen LogP contribution >= 0.6 is 0 Å². The molecule has 0 spiro atoms. The van der Waals surface area contributed by atoms with Crippen molar-refractivity contribution in [2.24, 2.45) is 23.7 Å². The lowest BCUT2D eigenvalue weighted by Gasteiger charge is -2.58. The van der Waals surface area contributed by atoms with Crippen LogP contribution in [0.3, 0.4) is 0 Å². The zero-order valence-electron chi connectivity index (χ0n) is 13.6. The number of nitrogens with zero attached hydrogens (tertiary/aromatic N) is 2. The third kappa shape index (κ3) is 2.23. The lowest BCUT2D eigenvalue weighted by atomic mass is 9.54. The highest BCUT2D eigenvalue weighted by Crippen LogP contribution is 2.55. The van der Waals surface area contributed by atoms with Crippen molar-refractivity contribution in [3.05, 3.63) is 0 Å². The Morgan fingerprint density at radius 3 is 1.65 bits per heavy atom. The van der Waals surface area contributed by atoms with Gasteiger partial charge in [0.15, 0.2) is 0 Å². The van der Waals surface area contributed by atoms with E-state index in [-0.39, 0.29) is 0 Å². The molecule has 1 heterocycles. The van der Waals surface area contributed by atoms with E-state index in [1.807, 2.05) is 0 Å². The van der Waals surface area contributed by atoms with Crippen LogP contribution in [-0.4, -0.2) is 47.6 Å². The summed E-state index contributed by atoms with van der Waals surface area (Å²) in [4.78, 5) is 5.58. The second kappa shape index (κ2) is 4.71. The summed E-state index contributed by atoms with van der Waals surface area (Å²) in [5.74, 6) is 4.36. The van der Waals surface area contributed by atoms with Crippen LogP contribution in [0.15, 0.2) is 0 Å². The zero-order chi connectivity index (χ0) is 13.9. The normalized spacial score (nSPS) is 46.0. The molecule has 0 aromatic carbocycles. The van der Waals surface area contributed by atoms with Crippen LogP contribution in [-0.2, 0) is 0 Å². The molecule has 5 fully saturated rings. The molecule has 4 saturated carbocycles. The summed E-state index contributed by atoms with van der Waals surface area (Å²) in [6.45, 7) is 12.3. The van der Waals surface area contributed by atoms with Gasteiger partial charge in [-0.1, -0.05) is 0 Å². The summed E-state index contributed by atoms with van der Waals surface area (Å²) in [5.41, 5.74) is 0.357. The molecule has 2 nitrogen and oxygen atoms in total. The number of piperazine rings is 1. The second-order valence-electron chi connectivity index (χ2n) is 9.12. The van der Waals surface area contributed by atoms with E-state index in [4.69, 9.17) is 0 Å². The van der Waals surface area contributed by atoms with Crippen molar-refractivity contribution in [1.29, 1.82) is 0 Å². The van der Waals surface area contributed by atoms with Gasteiger partial charge in [-0.2, -0.15) is 0 Å². The Kier molecular flexibility index (Phi) is 3.20. The van der Waals surface area contributed by atoms with Crippen LogP contribution in [0.4, 0.5) is 0 Å². The van der Waals surface area contributed by atoms with Gasteiger partial charge in [-0.25, -0.2) is 0 Å². The molecule has 0 unspecified atom stereocenters. The highest BCUT2D eigenvalue weighted by Gasteiger charge is 2.50. The van der Waals surface area contributed by atoms with E-state index in [9.17, 15) is 0 Å². The summed E-state index contributed by atoms with van der Waals surface area (Å²) in [7, 11) is 0. The standard InChI is InChI=1S/C18H32N2/c1-18(2,3)20-6-4-19(5-7-20)17-15-9-13-8-14(11-15)12-16(17)10-13/h13-17H,4-12H2,1-3H3. The van der Waals surface area contributed by atoms with Gasteiger partial charge in [0.2, 0.25) is 0 Å². The molecule has 0 N–H and O–H groups in total. The molecule has 4 bridgehead atoms. The summed E-state index contributed by atoms with van der Waals surface area (Å²) in [6.07, 6.45) is 7.85. The van der Waals surface area contributed by atoms with Crippen molar-refractivity contribution in [2.75, 3.05) is 26.2 Å². The maximum absolute atomic E-state index is 2.90. The largest absolute Gasteiger partial charge is 0.297 e. The van der Waals surface area contributed by atoms with Gasteiger partial charge in [-0.3, -0.25) is 9.80 Å². The third-order valence-electron chi connectivity index (χ3n) is 6.86. The Balaban J connectivity index is 1.42. The molecule has 0 amide bonds. The molecule has 114 valence electrons. The molecule has 0 aromatic rings. The number of hydrogen-bond donors (Lipinski definition) is 0. The first-order valence-electron chi connectivity index (χ1n) is 9.00. The van der Waals surface area contributed by atoms with Crippen molar-refractivity contribution in [2.45, 2.75) is 64.5 Å². The molecule has 0 atom stereocenters. The Morgan fingerprint density at radius 1 is 0.700 bits per heavy atom. The van der Waals surface area contributed by atoms with Gasteiger partial charge in [0.05, 0.1) is 0 Å². The van der Waals surface area contributed by atoms with Crippen molar-refractivity contribution in [3.63, 3.8) is 0 Å².